The molecule has 5 rings (SSSR count). The maximum absolute atomic E-state index is 13.7. The van der Waals surface area contributed by atoms with Crippen molar-refractivity contribution in [2.45, 2.75) is 39.8 Å². The Morgan fingerprint density at radius 3 is 2.54 bits per heavy atom. The normalized spacial score (nSPS) is 13.9. The molecule has 0 radical (unpaired) electrons. The fourth-order valence-electron chi connectivity index (χ4n) is 4.74. The molecule has 0 aliphatic carbocycles. The van der Waals surface area contributed by atoms with Crippen molar-refractivity contribution in [1.82, 2.24) is 19.7 Å². The number of ketones is 1. The summed E-state index contributed by atoms with van der Waals surface area (Å²) in [5, 5.41) is 7.97. The zero-order valence-electron chi connectivity index (χ0n) is 23.1. The Bertz CT molecular complexity index is 1560. The summed E-state index contributed by atoms with van der Waals surface area (Å²) < 4.78 is 48.2. The van der Waals surface area contributed by atoms with Gasteiger partial charge in [0.05, 0.1) is 24.5 Å². The van der Waals surface area contributed by atoms with E-state index in [2.05, 4.69) is 20.4 Å². The van der Waals surface area contributed by atoms with Crippen molar-refractivity contribution >= 4 is 23.0 Å². The summed E-state index contributed by atoms with van der Waals surface area (Å²) in [7, 11) is 0. The van der Waals surface area contributed by atoms with Crippen molar-refractivity contribution in [3.63, 3.8) is 0 Å². The quantitative estimate of drug-likeness (QED) is 0.268. The smallest absolute Gasteiger partial charge is 0.378 e. The summed E-state index contributed by atoms with van der Waals surface area (Å²) in [6.07, 6.45) is -2.36. The Morgan fingerprint density at radius 2 is 1.80 bits per heavy atom. The number of benzene rings is 2. The molecule has 1 fully saturated rings. The minimum Gasteiger partial charge on any atom is -0.378 e. The Hall–Kier alpha value is -4.25. The highest BCUT2D eigenvalue weighted by Crippen LogP contribution is 2.34. The molecule has 0 saturated carbocycles. The fourth-order valence-corrected chi connectivity index (χ4v) is 4.74. The van der Waals surface area contributed by atoms with Gasteiger partial charge in [-0.2, -0.15) is 23.0 Å². The summed E-state index contributed by atoms with van der Waals surface area (Å²) in [6, 6.07) is 12.9. The average Bonchev–Trinajstić information content (AvgIpc) is 3.34. The lowest BCUT2D eigenvalue weighted by Crippen LogP contribution is -2.36. The van der Waals surface area contributed by atoms with Gasteiger partial charge >= 0.3 is 6.18 Å². The molecule has 0 amide bonds. The van der Waals surface area contributed by atoms with Crippen LogP contribution in [0.3, 0.4) is 0 Å². The van der Waals surface area contributed by atoms with Crippen LogP contribution in [0.1, 0.15) is 45.4 Å². The lowest BCUT2D eigenvalue weighted by atomic mass is 9.98. The molecule has 214 valence electrons. The van der Waals surface area contributed by atoms with Crippen LogP contribution in [0.15, 0.2) is 54.9 Å². The number of halogens is 3. The molecule has 3 heterocycles. The van der Waals surface area contributed by atoms with Crippen LogP contribution in [0.5, 0.6) is 0 Å². The number of carbonyl (C=O) groups is 1. The number of nitrogens with zero attached hydrogens (tertiary/aromatic N) is 5. The van der Waals surface area contributed by atoms with Crippen LogP contribution in [0.25, 0.3) is 5.82 Å². The second-order valence-electron chi connectivity index (χ2n) is 10.0. The monoisotopic (exact) mass is 564 g/mol. The zero-order valence-corrected chi connectivity index (χ0v) is 23.1. The van der Waals surface area contributed by atoms with E-state index < -0.39 is 17.5 Å². The molecule has 8 nitrogen and oxygen atoms in total. The molecule has 1 aliphatic rings. The van der Waals surface area contributed by atoms with Crippen molar-refractivity contribution in [1.29, 1.82) is 0 Å². The van der Waals surface area contributed by atoms with Crippen LogP contribution in [0.4, 0.5) is 30.4 Å². The minimum absolute atomic E-state index is 0.0283. The number of carbonyl (C=O) groups excluding carboxylic acids is 1. The molecule has 1 saturated heterocycles. The van der Waals surface area contributed by atoms with Gasteiger partial charge in [0, 0.05) is 54.3 Å². The molecule has 0 bridgehead atoms. The zero-order chi connectivity index (χ0) is 29.1. The molecular weight excluding hydrogens is 533 g/mol. The molecule has 0 spiro atoms. The van der Waals surface area contributed by atoms with Crippen molar-refractivity contribution in [2.24, 2.45) is 0 Å². The number of hydrogen-bond acceptors (Lipinski definition) is 7. The van der Waals surface area contributed by atoms with E-state index in [9.17, 15) is 18.0 Å². The molecule has 1 N–H and O–H groups in total. The van der Waals surface area contributed by atoms with Gasteiger partial charge in [-0.1, -0.05) is 19.1 Å². The van der Waals surface area contributed by atoms with E-state index in [0.29, 0.717) is 49.2 Å². The van der Waals surface area contributed by atoms with Crippen molar-refractivity contribution in [2.75, 3.05) is 36.5 Å². The second-order valence-corrected chi connectivity index (χ2v) is 10.0. The number of morpholine rings is 1. The first-order chi connectivity index (χ1) is 19.6. The van der Waals surface area contributed by atoms with Crippen molar-refractivity contribution < 1.29 is 22.7 Å². The van der Waals surface area contributed by atoms with Crippen LogP contribution in [-0.2, 0) is 23.8 Å². The Balaban J connectivity index is 1.41. The van der Waals surface area contributed by atoms with E-state index >= 15 is 0 Å². The Labute approximate surface area is 236 Å². The van der Waals surface area contributed by atoms with Gasteiger partial charge in [0.15, 0.2) is 11.6 Å². The minimum atomic E-state index is -4.57. The first-order valence-corrected chi connectivity index (χ1v) is 13.4. The first kappa shape index (κ1) is 28.3. The van der Waals surface area contributed by atoms with Gasteiger partial charge < -0.3 is 15.0 Å². The third-order valence-electron chi connectivity index (χ3n) is 6.99. The number of hydrogen-bond donors (Lipinski definition) is 1. The van der Waals surface area contributed by atoms with Crippen molar-refractivity contribution in [3.8, 4) is 5.82 Å². The molecule has 11 heteroatoms. The number of Topliss-reactive ketones (excluding diaryl/α,β-unsaturated/α-hetero) is 1. The van der Waals surface area contributed by atoms with Gasteiger partial charge in [-0.15, -0.1) is 0 Å². The van der Waals surface area contributed by atoms with E-state index in [1.165, 1.54) is 6.33 Å². The largest absolute Gasteiger partial charge is 0.416 e. The number of nitrogens with one attached hydrogen (secondary N) is 1. The lowest BCUT2D eigenvalue weighted by molar-refractivity contribution is -0.137. The highest BCUT2D eigenvalue weighted by Gasteiger charge is 2.32. The summed E-state index contributed by atoms with van der Waals surface area (Å²) >= 11 is 0. The molecular formula is C30H31F3N6O2. The van der Waals surface area contributed by atoms with Gasteiger partial charge in [-0.05, 0) is 55.7 Å². The highest BCUT2D eigenvalue weighted by atomic mass is 19.4. The van der Waals surface area contributed by atoms with Crippen LogP contribution in [0.2, 0.25) is 0 Å². The summed E-state index contributed by atoms with van der Waals surface area (Å²) in [6.45, 7) is 7.61. The maximum Gasteiger partial charge on any atom is 0.416 e. The topological polar surface area (TPSA) is 85.2 Å². The van der Waals surface area contributed by atoms with Crippen molar-refractivity contribution in [3.05, 3.63) is 88.5 Å². The van der Waals surface area contributed by atoms with E-state index in [-0.39, 0.29) is 12.0 Å². The van der Waals surface area contributed by atoms with E-state index in [1.54, 1.807) is 10.7 Å². The lowest BCUT2D eigenvalue weighted by Gasteiger charge is -2.29. The number of ether oxygens (including phenoxy) is 1. The Kier molecular flexibility index (Phi) is 8.07. The molecule has 0 atom stereocenters. The molecule has 4 aromatic rings. The van der Waals surface area contributed by atoms with Gasteiger partial charge in [-0.25, -0.2) is 9.97 Å². The second kappa shape index (κ2) is 11.7. The van der Waals surface area contributed by atoms with Gasteiger partial charge in [0.2, 0.25) is 0 Å². The number of aryl methyl sites for hydroxylation is 3. The predicted octanol–water partition coefficient (Wildman–Crippen LogP) is 5.87. The predicted molar refractivity (Wildman–Crippen MR) is 150 cm³/mol. The SMILES string of the molecule is CCc1cc(-n2nc(C)cc2Nc2cc(CC(=O)c3cc(N4CCOCC4)cc(C(F)(F)F)c3)ccc2C)ncn1. The summed E-state index contributed by atoms with van der Waals surface area (Å²) in [5.41, 5.74) is 3.59. The number of anilines is 3. The molecule has 2 aromatic carbocycles. The molecule has 41 heavy (non-hydrogen) atoms. The van der Waals surface area contributed by atoms with Gasteiger partial charge in [-0.3, -0.25) is 4.79 Å². The first-order valence-electron chi connectivity index (χ1n) is 13.4. The molecule has 1 aliphatic heterocycles. The maximum atomic E-state index is 13.7. The number of alkyl halides is 3. The van der Waals surface area contributed by atoms with Crippen LogP contribution in [0, 0.1) is 13.8 Å². The van der Waals surface area contributed by atoms with E-state index in [4.69, 9.17) is 4.74 Å². The van der Waals surface area contributed by atoms with Crippen LogP contribution >= 0.6 is 0 Å². The van der Waals surface area contributed by atoms with E-state index in [0.717, 1.165) is 41.2 Å². The summed E-state index contributed by atoms with van der Waals surface area (Å²) in [4.78, 5) is 23.8. The standard InChI is InChI=1S/C30H31F3N6O2/c1-4-24-17-28(35-18-34-24)39-29(11-20(3)37-39)36-26-12-21(6-5-19(26)2)13-27(40)22-14-23(30(31,32)33)16-25(15-22)38-7-9-41-10-8-38/h5-6,11-12,14-18,36H,4,7-10,13H2,1-3H3. The average molecular weight is 565 g/mol. The number of aromatic nitrogens is 4. The summed E-state index contributed by atoms with van der Waals surface area (Å²) in [5.74, 6) is 0.911. The molecule has 0 unspecified atom stereocenters. The fraction of sp³-hybridized carbons (Fsp3) is 0.333. The number of rotatable bonds is 8. The van der Waals surface area contributed by atoms with Gasteiger partial charge in [0.1, 0.15) is 12.1 Å². The third kappa shape index (κ3) is 6.57. The van der Waals surface area contributed by atoms with E-state index in [1.807, 2.05) is 56.0 Å². The highest BCUT2D eigenvalue weighted by molar-refractivity contribution is 5.98. The third-order valence-corrected chi connectivity index (χ3v) is 6.99. The Morgan fingerprint density at radius 1 is 1.02 bits per heavy atom. The molecule has 2 aromatic heterocycles. The van der Waals surface area contributed by atoms with Gasteiger partial charge in [0.25, 0.3) is 0 Å². The van der Waals surface area contributed by atoms with Crippen LogP contribution in [-0.4, -0.2) is 51.8 Å². The van der Waals surface area contributed by atoms with Crippen LogP contribution < -0.4 is 10.2 Å².